The van der Waals surface area contributed by atoms with E-state index in [-0.39, 0.29) is 35.7 Å². The predicted molar refractivity (Wildman–Crippen MR) is 81.2 cm³/mol. The number of nitrogens with two attached hydrogens (primary N) is 1. The summed E-state index contributed by atoms with van der Waals surface area (Å²) >= 11 is 0. The van der Waals surface area contributed by atoms with Gasteiger partial charge in [-0.2, -0.15) is 0 Å². The van der Waals surface area contributed by atoms with Crippen LogP contribution < -0.4 is 11.1 Å². The van der Waals surface area contributed by atoms with Crippen molar-refractivity contribution >= 4 is 5.91 Å². The summed E-state index contributed by atoms with van der Waals surface area (Å²) in [6, 6.07) is 5.99. The molecule has 3 N–H and O–H groups in total. The predicted octanol–water partition coefficient (Wildman–Crippen LogP) is 2.39. The molecule has 0 spiro atoms. The van der Waals surface area contributed by atoms with E-state index in [1.54, 1.807) is 12.1 Å². The Morgan fingerprint density at radius 1 is 1.33 bits per heavy atom. The molecule has 1 amide bonds. The Hall–Kier alpha value is -1.46. The zero-order chi connectivity index (χ0) is 16.0. The lowest BCUT2D eigenvalue weighted by molar-refractivity contribution is -0.124. The second-order valence-electron chi connectivity index (χ2n) is 6.22. The third-order valence-electron chi connectivity index (χ3n) is 3.38. The molecular weight excluding hydrogens is 271 g/mol. The average Bonchev–Trinajstić information content (AvgIpc) is 2.42. The van der Waals surface area contributed by atoms with E-state index in [9.17, 15) is 9.18 Å². The highest BCUT2D eigenvalue weighted by atomic mass is 19.1. The maximum absolute atomic E-state index is 13.1. The van der Waals surface area contributed by atoms with Crippen molar-refractivity contribution in [2.75, 3.05) is 13.7 Å². The number of hydrogen-bond donors (Lipinski definition) is 2. The largest absolute Gasteiger partial charge is 0.380 e. The van der Waals surface area contributed by atoms with Crippen LogP contribution in [0.25, 0.3) is 0 Å². The fourth-order valence-corrected chi connectivity index (χ4v) is 2.14. The van der Waals surface area contributed by atoms with Gasteiger partial charge in [-0.15, -0.1) is 0 Å². The molecule has 0 aliphatic heterocycles. The molecule has 2 atom stereocenters. The first kappa shape index (κ1) is 17.6. The normalized spacial score (nSPS) is 14.6. The third-order valence-corrected chi connectivity index (χ3v) is 3.38. The van der Waals surface area contributed by atoms with Gasteiger partial charge in [-0.1, -0.05) is 32.9 Å². The van der Waals surface area contributed by atoms with Crippen LogP contribution in [0.3, 0.4) is 0 Å². The number of benzene rings is 1. The van der Waals surface area contributed by atoms with Gasteiger partial charge in [0.2, 0.25) is 5.91 Å². The molecule has 0 aliphatic carbocycles. The standard InChI is InChI=1S/C16H25FN2O2/c1-16(2,3)15(11-5-7-12(17)8-6-11)19-14(20)9-13(10-18)21-4/h5-8,13,15H,9-10,18H2,1-4H3,(H,19,20). The fourth-order valence-electron chi connectivity index (χ4n) is 2.14. The number of amides is 1. The summed E-state index contributed by atoms with van der Waals surface area (Å²) in [5.41, 5.74) is 6.21. The van der Waals surface area contributed by atoms with Gasteiger partial charge in [-0.05, 0) is 23.1 Å². The maximum atomic E-state index is 13.1. The Balaban J connectivity index is 2.85. The molecule has 1 rings (SSSR count). The van der Waals surface area contributed by atoms with E-state index >= 15 is 0 Å². The summed E-state index contributed by atoms with van der Waals surface area (Å²) < 4.78 is 18.2. The SMILES string of the molecule is COC(CN)CC(=O)NC(c1ccc(F)cc1)C(C)(C)C. The molecule has 21 heavy (non-hydrogen) atoms. The van der Waals surface area contributed by atoms with Gasteiger partial charge in [-0.25, -0.2) is 4.39 Å². The minimum Gasteiger partial charge on any atom is -0.380 e. The summed E-state index contributed by atoms with van der Waals surface area (Å²) in [7, 11) is 1.53. The number of hydrogen-bond acceptors (Lipinski definition) is 3. The van der Waals surface area contributed by atoms with Crippen molar-refractivity contribution in [2.24, 2.45) is 11.1 Å². The molecule has 2 unspecified atom stereocenters. The van der Waals surface area contributed by atoms with Crippen molar-refractivity contribution in [3.05, 3.63) is 35.6 Å². The van der Waals surface area contributed by atoms with Crippen molar-refractivity contribution in [1.82, 2.24) is 5.32 Å². The molecule has 4 nitrogen and oxygen atoms in total. The number of halogens is 1. The summed E-state index contributed by atoms with van der Waals surface area (Å²) in [4.78, 5) is 12.1. The van der Waals surface area contributed by atoms with Crippen molar-refractivity contribution in [3.63, 3.8) is 0 Å². The van der Waals surface area contributed by atoms with Crippen molar-refractivity contribution in [2.45, 2.75) is 39.3 Å². The smallest absolute Gasteiger partial charge is 0.223 e. The minimum absolute atomic E-state index is 0.128. The topological polar surface area (TPSA) is 64.3 Å². The number of rotatable bonds is 6. The Bertz CT molecular complexity index is 450. The average molecular weight is 296 g/mol. The third kappa shape index (κ3) is 5.44. The second-order valence-corrected chi connectivity index (χ2v) is 6.22. The molecule has 0 saturated carbocycles. The van der Waals surface area contributed by atoms with Crippen LogP contribution >= 0.6 is 0 Å². The van der Waals surface area contributed by atoms with Crippen molar-refractivity contribution in [1.29, 1.82) is 0 Å². The zero-order valence-electron chi connectivity index (χ0n) is 13.2. The Morgan fingerprint density at radius 3 is 2.33 bits per heavy atom. The maximum Gasteiger partial charge on any atom is 0.223 e. The van der Waals surface area contributed by atoms with Gasteiger partial charge < -0.3 is 15.8 Å². The summed E-state index contributed by atoms with van der Waals surface area (Å²) in [5, 5.41) is 2.99. The van der Waals surface area contributed by atoms with E-state index in [1.165, 1.54) is 19.2 Å². The summed E-state index contributed by atoms with van der Waals surface area (Å²) in [6.07, 6.45) is -0.0836. The van der Waals surface area contributed by atoms with Gasteiger partial charge in [-0.3, -0.25) is 4.79 Å². The van der Waals surface area contributed by atoms with Gasteiger partial charge in [0.05, 0.1) is 18.6 Å². The van der Waals surface area contributed by atoms with Gasteiger partial charge >= 0.3 is 0 Å². The highest BCUT2D eigenvalue weighted by Crippen LogP contribution is 2.32. The first-order chi connectivity index (χ1) is 9.77. The molecule has 5 heteroatoms. The van der Waals surface area contributed by atoms with Gasteiger partial charge in [0.25, 0.3) is 0 Å². The van der Waals surface area contributed by atoms with E-state index in [0.29, 0.717) is 6.54 Å². The number of carbonyl (C=O) groups is 1. The fraction of sp³-hybridized carbons (Fsp3) is 0.562. The zero-order valence-corrected chi connectivity index (χ0v) is 13.2. The van der Waals surface area contributed by atoms with E-state index < -0.39 is 0 Å². The van der Waals surface area contributed by atoms with Crippen LogP contribution in [0, 0.1) is 11.2 Å². The number of carbonyl (C=O) groups excluding carboxylic acids is 1. The highest BCUT2D eigenvalue weighted by molar-refractivity contribution is 5.77. The molecule has 118 valence electrons. The van der Waals surface area contributed by atoms with Crippen molar-refractivity contribution in [3.8, 4) is 0 Å². The van der Waals surface area contributed by atoms with E-state index in [1.807, 2.05) is 20.8 Å². The first-order valence-corrected chi connectivity index (χ1v) is 7.05. The van der Waals surface area contributed by atoms with Crippen LogP contribution in [0.4, 0.5) is 4.39 Å². The van der Waals surface area contributed by atoms with Crippen LogP contribution in [-0.4, -0.2) is 25.7 Å². The van der Waals surface area contributed by atoms with E-state index in [0.717, 1.165) is 5.56 Å². The Kier molecular flexibility index (Phi) is 6.30. The van der Waals surface area contributed by atoms with Crippen LogP contribution in [-0.2, 0) is 9.53 Å². The van der Waals surface area contributed by atoms with Gasteiger partial charge in [0.15, 0.2) is 0 Å². The van der Waals surface area contributed by atoms with Crippen LogP contribution in [0.15, 0.2) is 24.3 Å². The lowest BCUT2D eigenvalue weighted by atomic mass is 9.82. The second kappa shape index (κ2) is 7.52. The lowest BCUT2D eigenvalue weighted by Crippen LogP contribution is -2.39. The molecule has 0 heterocycles. The minimum atomic E-state index is -0.293. The number of nitrogens with one attached hydrogen (secondary N) is 1. The summed E-state index contributed by atoms with van der Waals surface area (Å²) in [6.45, 7) is 6.37. The molecule has 1 aromatic rings. The van der Waals surface area contributed by atoms with E-state index in [4.69, 9.17) is 10.5 Å². The van der Waals surface area contributed by atoms with Gasteiger partial charge in [0, 0.05) is 13.7 Å². The molecule has 1 aromatic carbocycles. The first-order valence-electron chi connectivity index (χ1n) is 7.05. The lowest BCUT2D eigenvalue weighted by Gasteiger charge is -2.32. The Labute approximate surface area is 125 Å². The molecule has 0 aliphatic rings. The van der Waals surface area contributed by atoms with Crippen molar-refractivity contribution < 1.29 is 13.9 Å². The monoisotopic (exact) mass is 296 g/mol. The van der Waals surface area contributed by atoms with Crippen LogP contribution in [0.2, 0.25) is 0 Å². The molecule has 0 saturated heterocycles. The quantitative estimate of drug-likeness (QED) is 0.847. The highest BCUT2D eigenvalue weighted by Gasteiger charge is 2.28. The molecule has 0 radical (unpaired) electrons. The molecular formula is C16H25FN2O2. The van der Waals surface area contributed by atoms with Crippen LogP contribution in [0.5, 0.6) is 0 Å². The summed E-state index contributed by atoms with van der Waals surface area (Å²) in [5.74, 6) is -0.420. The van der Waals surface area contributed by atoms with Gasteiger partial charge in [0.1, 0.15) is 5.82 Å². The van der Waals surface area contributed by atoms with E-state index in [2.05, 4.69) is 5.32 Å². The number of ether oxygens (including phenoxy) is 1. The number of methoxy groups -OCH3 is 1. The molecule has 0 aromatic heterocycles. The Morgan fingerprint density at radius 2 is 1.90 bits per heavy atom. The molecule has 0 fully saturated rings. The molecule has 0 bridgehead atoms. The van der Waals surface area contributed by atoms with Crippen LogP contribution in [0.1, 0.15) is 38.8 Å².